The van der Waals surface area contributed by atoms with Crippen molar-refractivity contribution in [1.29, 1.82) is 5.26 Å². The van der Waals surface area contributed by atoms with E-state index >= 15 is 0 Å². The van der Waals surface area contributed by atoms with E-state index in [-0.39, 0.29) is 5.69 Å². The second kappa shape index (κ2) is 5.21. The van der Waals surface area contributed by atoms with E-state index in [0.29, 0.717) is 5.69 Å². The van der Waals surface area contributed by atoms with E-state index in [2.05, 4.69) is 5.32 Å². The average Bonchev–Trinajstić information content (AvgIpc) is 2.37. The first-order valence-electron chi connectivity index (χ1n) is 5.54. The first kappa shape index (κ1) is 13.9. The zero-order valence-electron chi connectivity index (χ0n) is 10.0. The summed E-state index contributed by atoms with van der Waals surface area (Å²) in [5.41, 5.74) is -1.03. The van der Waals surface area contributed by atoms with E-state index in [0.717, 1.165) is 18.2 Å². The topological polar surface area (TPSA) is 35.8 Å². The molecule has 0 heterocycles. The fraction of sp³-hybridized carbons (Fsp3) is 0.0714. The molecule has 0 amide bonds. The number of halogens is 4. The van der Waals surface area contributed by atoms with Crippen LogP contribution in [0.15, 0.2) is 42.5 Å². The first-order valence-corrected chi connectivity index (χ1v) is 5.54. The molecule has 1 N–H and O–H groups in total. The molecule has 0 spiro atoms. The summed E-state index contributed by atoms with van der Waals surface area (Å²) in [7, 11) is 0. The minimum atomic E-state index is -4.62. The van der Waals surface area contributed by atoms with Crippen molar-refractivity contribution < 1.29 is 17.6 Å². The minimum Gasteiger partial charge on any atom is -0.355 e. The number of nitrogens with one attached hydrogen (secondary N) is 1. The molecule has 2 aromatic rings. The number of alkyl halides is 3. The Labute approximate surface area is 112 Å². The molecule has 0 bridgehead atoms. The normalized spacial score (nSPS) is 10.9. The smallest absolute Gasteiger partial charge is 0.355 e. The monoisotopic (exact) mass is 280 g/mol. The van der Waals surface area contributed by atoms with Crippen molar-refractivity contribution in [3.8, 4) is 6.07 Å². The lowest BCUT2D eigenvalue weighted by atomic mass is 10.1. The molecule has 0 fully saturated rings. The molecule has 2 nitrogen and oxygen atoms in total. The Balaban J connectivity index is 2.37. The van der Waals surface area contributed by atoms with E-state index in [1.807, 2.05) is 0 Å². The largest absolute Gasteiger partial charge is 0.417 e. The molecule has 2 aromatic carbocycles. The molecule has 20 heavy (non-hydrogen) atoms. The van der Waals surface area contributed by atoms with Gasteiger partial charge < -0.3 is 5.32 Å². The Bertz CT molecular complexity index is 672. The number of rotatable bonds is 2. The summed E-state index contributed by atoms with van der Waals surface area (Å²) >= 11 is 0. The highest BCUT2D eigenvalue weighted by atomic mass is 19.4. The second-order valence-corrected chi connectivity index (χ2v) is 4.01. The zero-order valence-corrected chi connectivity index (χ0v) is 10.0. The van der Waals surface area contributed by atoms with Gasteiger partial charge in [-0.25, -0.2) is 4.39 Å². The first-order chi connectivity index (χ1) is 9.40. The van der Waals surface area contributed by atoms with Crippen molar-refractivity contribution in [2.45, 2.75) is 6.18 Å². The summed E-state index contributed by atoms with van der Waals surface area (Å²) in [5.74, 6) is -0.500. The highest BCUT2D eigenvalue weighted by Gasteiger charge is 2.33. The van der Waals surface area contributed by atoms with Crippen LogP contribution in [0.4, 0.5) is 28.9 Å². The number of hydrogen-bond donors (Lipinski definition) is 1. The van der Waals surface area contributed by atoms with Gasteiger partial charge >= 0.3 is 6.18 Å². The van der Waals surface area contributed by atoms with Crippen molar-refractivity contribution in [3.05, 3.63) is 59.4 Å². The molecule has 0 atom stereocenters. The maximum absolute atomic E-state index is 13.0. The minimum absolute atomic E-state index is 0.127. The fourth-order valence-corrected chi connectivity index (χ4v) is 1.69. The maximum atomic E-state index is 13.0. The van der Waals surface area contributed by atoms with Crippen molar-refractivity contribution in [1.82, 2.24) is 0 Å². The lowest BCUT2D eigenvalue weighted by molar-refractivity contribution is -0.137. The van der Waals surface area contributed by atoms with Crippen LogP contribution in [-0.2, 0) is 6.18 Å². The molecule has 6 heteroatoms. The van der Waals surface area contributed by atoms with Crippen LogP contribution in [0.2, 0.25) is 0 Å². The van der Waals surface area contributed by atoms with Crippen molar-refractivity contribution in [3.63, 3.8) is 0 Å². The highest BCUT2D eigenvalue weighted by molar-refractivity contribution is 5.62. The third kappa shape index (κ3) is 3.06. The molecular formula is C14H8F4N2. The van der Waals surface area contributed by atoms with Crippen LogP contribution in [0.5, 0.6) is 0 Å². The lowest BCUT2D eigenvalue weighted by Crippen LogP contribution is -2.08. The van der Waals surface area contributed by atoms with Crippen LogP contribution in [0.25, 0.3) is 0 Å². The molecule has 0 saturated heterocycles. The van der Waals surface area contributed by atoms with Gasteiger partial charge in [0.15, 0.2) is 0 Å². The van der Waals surface area contributed by atoms with Crippen LogP contribution >= 0.6 is 0 Å². The lowest BCUT2D eigenvalue weighted by Gasteiger charge is -2.12. The van der Waals surface area contributed by atoms with E-state index in [1.165, 1.54) is 30.3 Å². The van der Waals surface area contributed by atoms with Crippen LogP contribution in [-0.4, -0.2) is 0 Å². The summed E-state index contributed by atoms with van der Waals surface area (Å²) in [6.45, 7) is 0. The van der Waals surface area contributed by atoms with E-state index < -0.39 is 23.1 Å². The quantitative estimate of drug-likeness (QED) is 0.824. The predicted molar refractivity (Wildman–Crippen MR) is 65.8 cm³/mol. The molecule has 2 rings (SSSR count). The number of anilines is 2. The van der Waals surface area contributed by atoms with Gasteiger partial charge in [-0.15, -0.1) is 0 Å². The van der Waals surface area contributed by atoms with Gasteiger partial charge in [0.25, 0.3) is 0 Å². The molecule has 0 aromatic heterocycles. The average molecular weight is 280 g/mol. The molecule has 0 unspecified atom stereocenters. The van der Waals surface area contributed by atoms with Gasteiger partial charge in [0.1, 0.15) is 5.82 Å². The Kier molecular flexibility index (Phi) is 3.61. The van der Waals surface area contributed by atoms with Crippen molar-refractivity contribution in [2.75, 3.05) is 5.32 Å². The van der Waals surface area contributed by atoms with Crippen molar-refractivity contribution >= 4 is 11.4 Å². The Morgan fingerprint density at radius 3 is 2.30 bits per heavy atom. The van der Waals surface area contributed by atoms with Gasteiger partial charge in [-0.1, -0.05) is 6.07 Å². The Morgan fingerprint density at radius 1 is 1.00 bits per heavy atom. The summed E-state index contributed by atoms with van der Waals surface area (Å²) in [6, 6.07) is 10.1. The van der Waals surface area contributed by atoms with Gasteiger partial charge in [0.05, 0.1) is 17.2 Å². The molecule has 0 saturated carbocycles. The molecule has 0 radical (unpaired) electrons. The van der Waals surface area contributed by atoms with Crippen LogP contribution in [0.1, 0.15) is 11.1 Å². The zero-order chi connectivity index (χ0) is 14.8. The molecular weight excluding hydrogens is 272 g/mol. The summed E-state index contributed by atoms with van der Waals surface area (Å²) < 4.78 is 51.3. The Hall–Kier alpha value is -2.55. The predicted octanol–water partition coefficient (Wildman–Crippen LogP) is 4.46. The summed E-state index contributed by atoms with van der Waals surface area (Å²) in [4.78, 5) is 0. The molecule has 102 valence electrons. The fourth-order valence-electron chi connectivity index (χ4n) is 1.69. The Morgan fingerprint density at radius 2 is 1.70 bits per heavy atom. The van der Waals surface area contributed by atoms with Gasteiger partial charge in [-0.05, 0) is 36.4 Å². The van der Waals surface area contributed by atoms with Crippen LogP contribution in [0, 0.1) is 17.1 Å². The van der Waals surface area contributed by atoms with Gasteiger partial charge in [-0.3, -0.25) is 0 Å². The van der Waals surface area contributed by atoms with E-state index in [9.17, 15) is 17.6 Å². The highest BCUT2D eigenvalue weighted by Crippen LogP contribution is 2.34. The standard InChI is InChI=1S/C14H8F4N2/c15-10-2-1-3-11(6-10)20-12-5-4-9(8-19)13(7-12)14(16,17)18/h1-7,20H. The second-order valence-electron chi connectivity index (χ2n) is 4.01. The van der Waals surface area contributed by atoms with Crippen LogP contribution in [0.3, 0.4) is 0 Å². The SMILES string of the molecule is N#Cc1ccc(Nc2cccc(F)c2)cc1C(F)(F)F. The molecule has 0 aliphatic rings. The van der Waals surface area contributed by atoms with Crippen molar-refractivity contribution in [2.24, 2.45) is 0 Å². The number of benzene rings is 2. The third-order valence-corrected chi connectivity index (χ3v) is 2.56. The summed E-state index contributed by atoms with van der Waals surface area (Å²) in [5, 5.41) is 11.3. The van der Waals surface area contributed by atoms with Crippen LogP contribution < -0.4 is 5.32 Å². The van der Waals surface area contributed by atoms with Gasteiger partial charge in [0, 0.05) is 11.4 Å². The maximum Gasteiger partial charge on any atom is 0.417 e. The molecule has 0 aliphatic carbocycles. The van der Waals surface area contributed by atoms with Gasteiger partial charge in [0.2, 0.25) is 0 Å². The number of nitrogens with zero attached hydrogens (tertiary/aromatic N) is 1. The third-order valence-electron chi connectivity index (χ3n) is 2.56. The number of hydrogen-bond acceptors (Lipinski definition) is 2. The molecule has 0 aliphatic heterocycles. The number of nitriles is 1. The van der Waals surface area contributed by atoms with E-state index in [1.54, 1.807) is 0 Å². The van der Waals surface area contributed by atoms with Gasteiger partial charge in [-0.2, -0.15) is 18.4 Å². The summed E-state index contributed by atoms with van der Waals surface area (Å²) in [6.07, 6.45) is -4.62. The van der Waals surface area contributed by atoms with E-state index in [4.69, 9.17) is 5.26 Å².